The second kappa shape index (κ2) is 10.8. The molecule has 0 saturated carbocycles. The van der Waals surface area contributed by atoms with Gasteiger partial charge in [0.15, 0.2) is 0 Å². The van der Waals surface area contributed by atoms with E-state index in [1.807, 2.05) is 36.4 Å². The van der Waals surface area contributed by atoms with Gasteiger partial charge in [0.1, 0.15) is 38.9 Å². The van der Waals surface area contributed by atoms with Gasteiger partial charge in [0.05, 0.1) is 28.4 Å². The number of ether oxygens (including phenoxy) is 4. The van der Waals surface area contributed by atoms with Gasteiger partial charge in [-0.25, -0.2) is 0 Å². The van der Waals surface area contributed by atoms with Crippen LogP contribution < -0.4 is 39.7 Å². The fourth-order valence-corrected chi connectivity index (χ4v) is 17.6. The molecule has 4 nitrogen and oxygen atoms in total. The fourth-order valence-electron chi connectivity index (χ4n) is 4.82. The molecule has 1 radical (unpaired) electrons. The van der Waals surface area contributed by atoms with E-state index in [0.717, 1.165) is 33.4 Å². The average Bonchev–Trinajstić information content (AvgIpc) is 2.93. The molecular weight excluding hydrogens is 468 g/mol. The molecular formula is C29H31O4Si2. The first-order valence-corrected chi connectivity index (χ1v) is 16.5. The summed E-state index contributed by atoms with van der Waals surface area (Å²) in [4.78, 5) is 0. The lowest BCUT2D eigenvalue weighted by Crippen LogP contribution is -2.75. The largest absolute Gasteiger partial charge is 0.497 e. The zero-order chi connectivity index (χ0) is 24.8. The highest BCUT2D eigenvalue weighted by Crippen LogP contribution is 2.27. The third-order valence-electron chi connectivity index (χ3n) is 6.56. The second-order valence-electron chi connectivity index (χ2n) is 8.31. The molecule has 179 valence electrons. The smallest absolute Gasteiger partial charge is 0.143 e. The van der Waals surface area contributed by atoms with Crippen LogP contribution in [0.25, 0.3) is 0 Å². The van der Waals surface area contributed by atoms with Gasteiger partial charge in [-0.1, -0.05) is 89.7 Å². The van der Waals surface area contributed by atoms with E-state index in [-0.39, 0.29) is 0 Å². The van der Waals surface area contributed by atoms with Crippen molar-refractivity contribution < 1.29 is 18.9 Å². The van der Waals surface area contributed by atoms with Crippen LogP contribution in [0.2, 0.25) is 6.55 Å². The van der Waals surface area contributed by atoms with E-state index in [0.29, 0.717) is 0 Å². The average molecular weight is 500 g/mol. The Morgan fingerprint density at radius 1 is 0.457 bits per heavy atom. The Labute approximate surface area is 210 Å². The van der Waals surface area contributed by atoms with Crippen LogP contribution in [0.15, 0.2) is 97.1 Å². The molecule has 0 aromatic heterocycles. The second-order valence-corrected chi connectivity index (χ2v) is 18.0. The Bertz CT molecular complexity index is 1120. The molecule has 0 spiro atoms. The van der Waals surface area contributed by atoms with Gasteiger partial charge in [-0.05, 0) is 24.3 Å². The molecule has 4 aromatic carbocycles. The van der Waals surface area contributed by atoms with Crippen molar-refractivity contribution in [2.45, 2.75) is 6.55 Å². The molecule has 0 unspecified atom stereocenters. The van der Waals surface area contributed by atoms with E-state index in [9.17, 15) is 0 Å². The molecule has 0 saturated heterocycles. The van der Waals surface area contributed by atoms with Crippen molar-refractivity contribution in [3.63, 3.8) is 0 Å². The third kappa shape index (κ3) is 4.47. The van der Waals surface area contributed by atoms with Crippen molar-refractivity contribution in [2.75, 3.05) is 28.4 Å². The van der Waals surface area contributed by atoms with Gasteiger partial charge in [-0.2, -0.15) is 0 Å². The van der Waals surface area contributed by atoms with Crippen molar-refractivity contribution >= 4 is 36.7 Å². The molecule has 0 bridgehead atoms. The van der Waals surface area contributed by atoms with Gasteiger partial charge in [0, 0.05) is 10.4 Å². The molecule has 35 heavy (non-hydrogen) atoms. The molecule has 0 aliphatic rings. The number of rotatable bonds is 9. The SMILES string of the molecule is COc1cccc(OC)c1[Si](c1c(OC)cccc1OC)[Si](C)(c1ccccc1)c1ccccc1. The van der Waals surface area contributed by atoms with E-state index >= 15 is 0 Å². The van der Waals surface area contributed by atoms with E-state index in [1.165, 1.54) is 10.4 Å². The lowest BCUT2D eigenvalue weighted by atomic mass is 10.3. The monoisotopic (exact) mass is 499 g/mol. The zero-order valence-electron chi connectivity index (χ0n) is 20.9. The highest BCUT2D eigenvalue weighted by molar-refractivity contribution is 7.51. The summed E-state index contributed by atoms with van der Waals surface area (Å²) in [6.45, 7) is 2.45. The molecule has 0 fully saturated rings. The van der Waals surface area contributed by atoms with Gasteiger partial charge < -0.3 is 18.9 Å². The predicted octanol–water partition coefficient (Wildman–Crippen LogP) is 3.30. The van der Waals surface area contributed by atoms with Crippen LogP contribution in [0.5, 0.6) is 23.0 Å². The zero-order valence-corrected chi connectivity index (χ0v) is 22.9. The van der Waals surface area contributed by atoms with Crippen molar-refractivity contribution in [3.8, 4) is 23.0 Å². The first kappa shape index (κ1) is 24.6. The highest BCUT2D eigenvalue weighted by atomic mass is 29.2. The number of hydrogen-bond acceptors (Lipinski definition) is 4. The Kier molecular flexibility index (Phi) is 7.63. The molecule has 0 aliphatic carbocycles. The summed E-state index contributed by atoms with van der Waals surface area (Å²) >= 11 is 0. The quantitative estimate of drug-likeness (QED) is 0.331. The third-order valence-corrected chi connectivity index (χ3v) is 18.8. The minimum absolute atomic E-state index is 0.816. The minimum atomic E-state index is -2.52. The Morgan fingerprint density at radius 2 is 0.771 bits per heavy atom. The van der Waals surface area contributed by atoms with Crippen LogP contribution in [0, 0.1) is 0 Å². The molecule has 0 amide bonds. The Morgan fingerprint density at radius 3 is 1.06 bits per heavy atom. The molecule has 4 aromatic rings. The lowest BCUT2D eigenvalue weighted by molar-refractivity contribution is 0.398. The highest BCUT2D eigenvalue weighted by Gasteiger charge is 2.48. The van der Waals surface area contributed by atoms with Gasteiger partial charge in [0.25, 0.3) is 0 Å². The van der Waals surface area contributed by atoms with Crippen molar-refractivity contribution in [1.82, 2.24) is 0 Å². The standard InChI is InChI=1S/C29H31O4Si2/c1-30-24-18-12-19-25(31-2)28(24)34(29-26(32-3)20-13-21-27(29)33-4)35(5,22-14-8-6-9-15-22)23-16-10-7-11-17-23/h6-21H,1-5H3. The fraction of sp³-hybridized carbons (Fsp3) is 0.172. The first-order chi connectivity index (χ1) is 17.1. The number of hydrogen-bond donors (Lipinski definition) is 0. The summed E-state index contributed by atoms with van der Waals surface area (Å²) in [5, 5.41) is 4.85. The topological polar surface area (TPSA) is 36.9 Å². The van der Waals surface area contributed by atoms with Crippen LogP contribution in [-0.4, -0.2) is 44.3 Å². The maximum Gasteiger partial charge on any atom is 0.143 e. The van der Waals surface area contributed by atoms with Crippen LogP contribution in [0.4, 0.5) is 0 Å². The molecule has 0 atom stereocenters. The first-order valence-electron chi connectivity index (χ1n) is 11.5. The lowest BCUT2D eigenvalue weighted by Gasteiger charge is -2.38. The Balaban J connectivity index is 2.20. The van der Waals surface area contributed by atoms with E-state index < -0.39 is 15.9 Å². The molecule has 0 heterocycles. The summed E-state index contributed by atoms with van der Waals surface area (Å²) in [5.74, 6) is 3.27. The Hall–Kier alpha value is -3.49. The summed E-state index contributed by atoms with van der Waals surface area (Å²) in [6, 6.07) is 33.7. The summed E-state index contributed by atoms with van der Waals surface area (Å²) < 4.78 is 24.0. The van der Waals surface area contributed by atoms with Crippen LogP contribution in [-0.2, 0) is 0 Å². The van der Waals surface area contributed by atoms with E-state index in [4.69, 9.17) is 18.9 Å². The van der Waals surface area contributed by atoms with Crippen LogP contribution in [0.1, 0.15) is 0 Å². The van der Waals surface area contributed by atoms with Gasteiger partial charge >= 0.3 is 0 Å². The van der Waals surface area contributed by atoms with Crippen molar-refractivity contribution in [3.05, 3.63) is 97.1 Å². The van der Waals surface area contributed by atoms with E-state index in [1.54, 1.807) is 28.4 Å². The summed E-state index contributed by atoms with van der Waals surface area (Å²) in [5.41, 5.74) is 0. The predicted molar refractivity (Wildman–Crippen MR) is 148 cm³/mol. The number of methoxy groups -OCH3 is 4. The van der Waals surface area contributed by atoms with Gasteiger partial charge in [-0.15, -0.1) is 0 Å². The van der Waals surface area contributed by atoms with Gasteiger partial charge in [-0.3, -0.25) is 0 Å². The summed E-state index contributed by atoms with van der Waals surface area (Å²) in [7, 11) is 2.70. The number of benzene rings is 4. The molecule has 6 heteroatoms. The summed E-state index contributed by atoms with van der Waals surface area (Å²) in [6.07, 6.45) is 0. The van der Waals surface area contributed by atoms with E-state index in [2.05, 4.69) is 67.2 Å². The van der Waals surface area contributed by atoms with Crippen molar-refractivity contribution in [2.24, 2.45) is 0 Å². The maximum atomic E-state index is 5.99. The molecule has 4 rings (SSSR count). The maximum absolute atomic E-state index is 5.99. The van der Waals surface area contributed by atoms with Gasteiger partial charge in [0.2, 0.25) is 0 Å². The normalized spacial score (nSPS) is 11.3. The van der Waals surface area contributed by atoms with Crippen LogP contribution >= 0.6 is 0 Å². The molecule has 0 aliphatic heterocycles. The molecule has 0 N–H and O–H groups in total. The van der Waals surface area contributed by atoms with Crippen molar-refractivity contribution in [1.29, 1.82) is 0 Å². The van der Waals surface area contributed by atoms with Crippen LogP contribution in [0.3, 0.4) is 0 Å². The minimum Gasteiger partial charge on any atom is -0.497 e.